The van der Waals surface area contributed by atoms with Crippen LogP contribution in [0.4, 0.5) is 0 Å². The van der Waals surface area contributed by atoms with E-state index in [1.54, 1.807) is 6.08 Å². The van der Waals surface area contributed by atoms with Crippen LogP contribution in [0.25, 0.3) is 0 Å². The van der Waals surface area contributed by atoms with Crippen molar-refractivity contribution in [2.45, 2.75) is 13.3 Å². The highest BCUT2D eigenvalue weighted by Crippen LogP contribution is 1.90. The third kappa shape index (κ3) is 5.04. The van der Waals surface area contributed by atoms with E-state index in [1.807, 2.05) is 25.2 Å². The summed E-state index contributed by atoms with van der Waals surface area (Å²) in [6.45, 7) is 5.45. The number of hydrogen-bond acceptors (Lipinski definition) is 1. The summed E-state index contributed by atoms with van der Waals surface area (Å²) in [7, 11) is 0. The molecule has 0 aliphatic rings. The Morgan fingerprint density at radius 3 is 2.70 bits per heavy atom. The Bertz CT molecular complexity index is 164. The molecule has 0 saturated heterocycles. The van der Waals surface area contributed by atoms with Gasteiger partial charge in [0.1, 0.15) is 6.29 Å². The molecule has 0 aliphatic heterocycles. The molecule has 0 rings (SSSR count). The Morgan fingerprint density at radius 2 is 2.20 bits per heavy atom. The van der Waals surface area contributed by atoms with Gasteiger partial charge in [-0.3, -0.25) is 4.79 Å². The summed E-state index contributed by atoms with van der Waals surface area (Å²) in [6, 6.07) is 0. The normalized spacial score (nSPS) is 10.9. The van der Waals surface area contributed by atoms with Crippen LogP contribution in [0.1, 0.15) is 13.3 Å². The summed E-state index contributed by atoms with van der Waals surface area (Å²) in [4.78, 5) is 10.00. The predicted molar refractivity (Wildman–Crippen MR) is 43.8 cm³/mol. The average Bonchev–Trinajstić information content (AvgIpc) is 1.98. The zero-order chi connectivity index (χ0) is 7.82. The maximum Gasteiger partial charge on any atom is 0.149 e. The lowest BCUT2D eigenvalue weighted by Crippen LogP contribution is -1.72. The molecule has 0 unspecified atom stereocenters. The summed E-state index contributed by atoms with van der Waals surface area (Å²) in [5.41, 5.74) is 0.518. The second-order valence-electron chi connectivity index (χ2n) is 1.90. The molecule has 0 saturated carbocycles. The standard InChI is InChI=1S/C9H12O/c1-3-4-5-6-7-9(2)8-10/h3-4,6-8H,2,5H2,1H3/b4-3-,7-6+. The minimum absolute atomic E-state index is 0.518. The molecule has 0 fully saturated rings. The van der Waals surface area contributed by atoms with Crippen molar-refractivity contribution in [3.05, 3.63) is 36.5 Å². The molecule has 0 bridgehead atoms. The summed E-state index contributed by atoms with van der Waals surface area (Å²) in [5, 5.41) is 0. The number of rotatable bonds is 4. The fraction of sp³-hybridized carbons (Fsp3) is 0.222. The first-order valence-electron chi connectivity index (χ1n) is 3.23. The van der Waals surface area contributed by atoms with Crippen molar-refractivity contribution in [1.29, 1.82) is 0 Å². The molecule has 0 spiro atoms. The summed E-state index contributed by atoms with van der Waals surface area (Å²) < 4.78 is 0. The van der Waals surface area contributed by atoms with Crippen molar-refractivity contribution in [1.82, 2.24) is 0 Å². The third-order valence-electron chi connectivity index (χ3n) is 0.991. The van der Waals surface area contributed by atoms with Crippen LogP contribution in [0.5, 0.6) is 0 Å². The zero-order valence-corrected chi connectivity index (χ0v) is 6.21. The Balaban J connectivity index is 3.55. The Hall–Kier alpha value is -1.11. The van der Waals surface area contributed by atoms with Gasteiger partial charge in [0, 0.05) is 5.57 Å². The number of carbonyl (C=O) groups excluding carboxylic acids is 1. The fourth-order valence-corrected chi connectivity index (χ4v) is 0.473. The molecule has 0 heterocycles. The number of hydrogen-bond donors (Lipinski definition) is 0. The highest BCUT2D eigenvalue weighted by molar-refractivity contribution is 5.76. The SMILES string of the molecule is C=C(C=O)/C=C/C/C=C\C. The summed E-state index contributed by atoms with van der Waals surface area (Å²) >= 11 is 0. The molecule has 0 aromatic rings. The van der Waals surface area contributed by atoms with Gasteiger partial charge in [-0.2, -0.15) is 0 Å². The fourth-order valence-electron chi connectivity index (χ4n) is 0.473. The molecular weight excluding hydrogens is 124 g/mol. The van der Waals surface area contributed by atoms with Gasteiger partial charge in [0.15, 0.2) is 0 Å². The van der Waals surface area contributed by atoms with E-state index in [9.17, 15) is 4.79 Å². The first-order valence-corrected chi connectivity index (χ1v) is 3.23. The van der Waals surface area contributed by atoms with Gasteiger partial charge in [0.25, 0.3) is 0 Å². The molecule has 0 radical (unpaired) electrons. The van der Waals surface area contributed by atoms with E-state index in [1.165, 1.54) is 0 Å². The minimum Gasteiger partial charge on any atom is -0.298 e. The molecule has 0 atom stereocenters. The molecule has 10 heavy (non-hydrogen) atoms. The quantitative estimate of drug-likeness (QED) is 0.251. The molecule has 0 aromatic heterocycles. The van der Waals surface area contributed by atoms with Gasteiger partial charge in [-0.05, 0) is 13.3 Å². The topological polar surface area (TPSA) is 17.1 Å². The van der Waals surface area contributed by atoms with Crippen molar-refractivity contribution in [3.63, 3.8) is 0 Å². The van der Waals surface area contributed by atoms with E-state index in [2.05, 4.69) is 6.58 Å². The lowest BCUT2D eigenvalue weighted by Gasteiger charge is -1.81. The van der Waals surface area contributed by atoms with Crippen LogP contribution in [0.3, 0.4) is 0 Å². The Labute approximate surface area is 61.8 Å². The van der Waals surface area contributed by atoms with Crippen LogP contribution in [-0.2, 0) is 4.79 Å². The average molecular weight is 136 g/mol. The molecule has 0 amide bonds. The van der Waals surface area contributed by atoms with E-state index in [-0.39, 0.29) is 0 Å². The van der Waals surface area contributed by atoms with Crippen molar-refractivity contribution >= 4 is 6.29 Å². The Morgan fingerprint density at radius 1 is 1.50 bits per heavy atom. The molecule has 54 valence electrons. The second kappa shape index (κ2) is 6.02. The lowest BCUT2D eigenvalue weighted by atomic mass is 10.2. The van der Waals surface area contributed by atoms with E-state index in [0.717, 1.165) is 12.7 Å². The lowest BCUT2D eigenvalue weighted by molar-refractivity contribution is -0.104. The summed E-state index contributed by atoms with van der Waals surface area (Å²) in [5.74, 6) is 0. The molecule has 0 aromatic carbocycles. The second-order valence-corrected chi connectivity index (χ2v) is 1.90. The van der Waals surface area contributed by atoms with Crippen molar-refractivity contribution in [3.8, 4) is 0 Å². The number of aldehydes is 1. The third-order valence-corrected chi connectivity index (χ3v) is 0.991. The van der Waals surface area contributed by atoms with Gasteiger partial charge in [-0.1, -0.05) is 30.9 Å². The number of carbonyl (C=O) groups is 1. The smallest absolute Gasteiger partial charge is 0.149 e. The maximum atomic E-state index is 10.00. The zero-order valence-electron chi connectivity index (χ0n) is 6.21. The molecule has 1 nitrogen and oxygen atoms in total. The van der Waals surface area contributed by atoms with E-state index < -0.39 is 0 Å². The van der Waals surface area contributed by atoms with E-state index in [4.69, 9.17) is 0 Å². The van der Waals surface area contributed by atoms with Gasteiger partial charge in [0.05, 0.1) is 0 Å². The van der Waals surface area contributed by atoms with Crippen LogP contribution >= 0.6 is 0 Å². The first kappa shape index (κ1) is 8.89. The largest absolute Gasteiger partial charge is 0.298 e. The molecule has 0 N–H and O–H groups in total. The maximum absolute atomic E-state index is 10.00. The van der Waals surface area contributed by atoms with Crippen LogP contribution in [0.15, 0.2) is 36.5 Å². The van der Waals surface area contributed by atoms with Crippen LogP contribution in [0, 0.1) is 0 Å². The van der Waals surface area contributed by atoms with Gasteiger partial charge < -0.3 is 0 Å². The van der Waals surface area contributed by atoms with Crippen LogP contribution in [0.2, 0.25) is 0 Å². The first-order chi connectivity index (χ1) is 4.81. The van der Waals surface area contributed by atoms with Gasteiger partial charge in [0.2, 0.25) is 0 Å². The molecule has 0 aliphatic carbocycles. The van der Waals surface area contributed by atoms with E-state index in [0.29, 0.717) is 5.57 Å². The van der Waals surface area contributed by atoms with Gasteiger partial charge in [-0.25, -0.2) is 0 Å². The monoisotopic (exact) mass is 136 g/mol. The van der Waals surface area contributed by atoms with Crippen LogP contribution < -0.4 is 0 Å². The summed E-state index contributed by atoms with van der Waals surface area (Å²) in [6.07, 6.45) is 9.20. The van der Waals surface area contributed by atoms with Gasteiger partial charge >= 0.3 is 0 Å². The molecule has 1 heteroatoms. The molecular formula is C9H12O. The van der Waals surface area contributed by atoms with E-state index >= 15 is 0 Å². The minimum atomic E-state index is 0.518. The number of allylic oxidation sites excluding steroid dienone is 5. The van der Waals surface area contributed by atoms with Crippen molar-refractivity contribution < 1.29 is 4.79 Å². The highest BCUT2D eigenvalue weighted by atomic mass is 16.1. The highest BCUT2D eigenvalue weighted by Gasteiger charge is 1.78. The van der Waals surface area contributed by atoms with Gasteiger partial charge in [-0.15, -0.1) is 0 Å². The van der Waals surface area contributed by atoms with Crippen LogP contribution in [-0.4, -0.2) is 6.29 Å². The van der Waals surface area contributed by atoms with Crippen molar-refractivity contribution in [2.24, 2.45) is 0 Å². The van der Waals surface area contributed by atoms with Crippen molar-refractivity contribution in [2.75, 3.05) is 0 Å². The Kier molecular flexibility index (Phi) is 5.35. The predicted octanol–water partition coefficient (Wildman–Crippen LogP) is 2.26.